The van der Waals surface area contributed by atoms with Gasteiger partial charge in [-0.25, -0.2) is 18.2 Å². The number of esters is 1. The Morgan fingerprint density at radius 2 is 1.70 bits per heavy atom. The second kappa shape index (κ2) is 9.15. The van der Waals surface area contributed by atoms with Crippen LogP contribution in [0.3, 0.4) is 0 Å². The third kappa shape index (κ3) is 4.47. The number of sulfonamides is 1. The third-order valence-electron chi connectivity index (χ3n) is 6.25. The highest BCUT2D eigenvalue weighted by molar-refractivity contribution is 7.89. The van der Waals surface area contributed by atoms with Crippen molar-refractivity contribution in [1.29, 1.82) is 0 Å². The molecule has 5 rings (SSSR count). The first-order chi connectivity index (χ1) is 16.0. The number of anilines is 1. The van der Waals surface area contributed by atoms with E-state index < -0.39 is 16.0 Å². The molecule has 2 aliphatic rings. The van der Waals surface area contributed by atoms with Gasteiger partial charge in [0.15, 0.2) is 12.2 Å². The predicted octanol–water partition coefficient (Wildman–Crippen LogP) is 3.96. The molecule has 8 nitrogen and oxygen atoms in total. The van der Waals surface area contributed by atoms with Crippen molar-refractivity contribution >= 4 is 32.8 Å². The van der Waals surface area contributed by atoms with E-state index in [9.17, 15) is 13.2 Å². The summed E-state index contributed by atoms with van der Waals surface area (Å²) >= 11 is 0. The topological polar surface area (TPSA) is 92.9 Å². The van der Waals surface area contributed by atoms with Crippen LogP contribution in [-0.2, 0) is 21.4 Å². The van der Waals surface area contributed by atoms with Gasteiger partial charge in [0.2, 0.25) is 15.9 Å². The molecule has 0 unspecified atom stereocenters. The van der Waals surface area contributed by atoms with Crippen LogP contribution in [-0.4, -0.2) is 49.9 Å². The third-order valence-corrected chi connectivity index (χ3v) is 8.15. The van der Waals surface area contributed by atoms with Crippen molar-refractivity contribution in [2.24, 2.45) is 0 Å². The van der Waals surface area contributed by atoms with E-state index >= 15 is 0 Å². The summed E-state index contributed by atoms with van der Waals surface area (Å²) < 4.78 is 39.1. The highest BCUT2D eigenvalue weighted by Crippen LogP contribution is 2.30. The number of piperidine rings is 1. The predicted molar refractivity (Wildman–Crippen MR) is 124 cm³/mol. The first-order valence-corrected chi connectivity index (χ1v) is 12.9. The number of carbonyl (C=O) groups excluding carboxylic acids is 1. The molecule has 1 aromatic heterocycles. The zero-order valence-corrected chi connectivity index (χ0v) is 19.2. The Morgan fingerprint density at radius 1 is 0.970 bits per heavy atom. The number of para-hydroxylation sites is 2. The van der Waals surface area contributed by atoms with Crippen molar-refractivity contribution in [2.45, 2.75) is 43.6 Å². The van der Waals surface area contributed by atoms with Gasteiger partial charge >= 0.3 is 5.97 Å². The Balaban J connectivity index is 1.42. The lowest BCUT2D eigenvalue weighted by molar-refractivity contribution is 0.0440. The molecule has 3 heterocycles. The van der Waals surface area contributed by atoms with E-state index in [1.807, 2.05) is 18.2 Å². The molecule has 0 N–H and O–H groups in total. The van der Waals surface area contributed by atoms with Crippen LogP contribution < -0.4 is 4.90 Å². The molecule has 0 radical (unpaired) electrons. The van der Waals surface area contributed by atoms with Crippen molar-refractivity contribution in [2.75, 3.05) is 31.1 Å². The first-order valence-electron chi connectivity index (χ1n) is 11.4. The summed E-state index contributed by atoms with van der Waals surface area (Å²) in [5.41, 5.74) is 2.27. The summed E-state index contributed by atoms with van der Waals surface area (Å²) in [5.74, 6) is -0.292. The van der Waals surface area contributed by atoms with Gasteiger partial charge in [-0.2, -0.15) is 4.31 Å². The van der Waals surface area contributed by atoms with Gasteiger partial charge in [-0.1, -0.05) is 18.6 Å². The molecule has 2 fully saturated rings. The summed E-state index contributed by atoms with van der Waals surface area (Å²) in [6, 6.07) is 12.1. The molecule has 0 amide bonds. The van der Waals surface area contributed by atoms with Crippen LogP contribution in [0.15, 0.2) is 51.8 Å². The minimum atomic E-state index is -3.67. The maximum Gasteiger partial charge on any atom is 0.340 e. The average Bonchev–Trinajstić information content (AvgIpc) is 3.52. The van der Waals surface area contributed by atoms with E-state index in [1.165, 1.54) is 10.4 Å². The summed E-state index contributed by atoms with van der Waals surface area (Å²) in [6.45, 7) is 2.53. The fourth-order valence-electron chi connectivity index (χ4n) is 4.51. The van der Waals surface area contributed by atoms with Crippen LogP contribution in [0.1, 0.15) is 48.4 Å². The van der Waals surface area contributed by atoms with Crippen LogP contribution in [0.4, 0.5) is 5.69 Å². The molecule has 2 aliphatic heterocycles. The van der Waals surface area contributed by atoms with Gasteiger partial charge in [0, 0.05) is 26.2 Å². The van der Waals surface area contributed by atoms with Gasteiger partial charge in [-0.05, 0) is 56.0 Å². The Labute approximate surface area is 193 Å². The molecule has 0 saturated carbocycles. The zero-order valence-electron chi connectivity index (χ0n) is 18.4. The molecule has 0 bridgehead atoms. The van der Waals surface area contributed by atoms with Crippen molar-refractivity contribution in [1.82, 2.24) is 9.29 Å². The van der Waals surface area contributed by atoms with Crippen molar-refractivity contribution in [3.8, 4) is 0 Å². The lowest BCUT2D eigenvalue weighted by Crippen LogP contribution is -2.35. The van der Waals surface area contributed by atoms with E-state index in [-0.39, 0.29) is 17.1 Å². The molecule has 0 spiro atoms. The fourth-order valence-corrected chi connectivity index (χ4v) is 6.06. The van der Waals surface area contributed by atoms with Crippen molar-refractivity contribution < 1.29 is 22.4 Å². The number of hydrogen-bond donors (Lipinski definition) is 0. The van der Waals surface area contributed by atoms with Crippen LogP contribution >= 0.6 is 0 Å². The van der Waals surface area contributed by atoms with Gasteiger partial charge in [0.1, 0.15) is 5.52 Å². The monoisotopic (exact) mass is 469 g/mol. The van der Waals surface area contributed by atoms with Crippen LogP contribution in [0.25, 0.3) is 11.1 Å². The Kier molecular flexibility index (Phi) is 6.07. The Morgan fingerprint density at radius 3 is 2.45 bits per heavy atom. The van der Waals surface area contributed by atoms with E-state index in [0.717, 1.165) is 45.2 Å². The SMILES string of the molecule is O=C(OCc1nc2ccccc2o1)c1cc(S(=O)(=O)N2CCCCC2)ccc1N1CCCC1. The molecule has 0 atom stereocenters. The van der Waals surface area contributed by atoms with Crippen LogP contribution in [0.5, 0.6) is 0 Å². The molecule has 2 saturated heterocycles. The minimum absolute atomic E-state index is 0.126. The number of hydrogen-bond acceptors (Lipinski definition) is 7. The van der Waals surface area contributed by atoms with Crippen molar-refractivity contribution in [3.63, 3.8) is 0 Å². The lowest BCUT2D eigenvalue weighted by atomic mass is 10.1. The van der Waals surface area contributed by atoms with Crippen molar-refractivity contribution in [3.05, 3.63) is 53.9 Å². The fraction of sp³-hybridized carbons (Fsp3) is 0.417. The molecule has 0 aliphatic carbocycles. The smallest absolute Gasteiger partial charge is 0.340 e. The second-order valence-corrected chi connectivity index (χ2v) is 10.4. The number of oxazole rings is 1. The normalized spacial score (nSPS) is 17.5. The highest BCUT2D eigenvalue weighted by Gasteiger charge is 2.29. The average molecular weight is 470 g/mol. The van der Waals surface area contributed by atoms with Gasteiger partial charge in [0.05, 0.1) is 16.1 Å². The summed E-state index contributed by atoms with van der Waals surface area (Å²) in [4.78, 5) is 19.7. The van der Waals surface area contributed by atoms with Crippen LogP contribution in [0.2, 0.25) is 0 Å². The van der Waals surface area contributed by atoms with E-state index in [0.29, 0.717) is 35.8 Å². The Hall–Kier alpha value is -2.91. The summed E-state index contributed by atoms with van der Waals surface area (Å²) in [6.07, 6.45) is 4.80. The molecule has 3 aromatic rings. The molecule has 33 heavy (non-hydrogen) atoms. The van der Waals surface area contributed by atoms with E-state index in [2.05, 4.69) is 9.88 Å². The molecule has 174 valence electrons. The van der Waals surface area contributed by atoms with Crippen LogP contribution in [0, 0.1) is 0 Å². The van der Waals surface area contributed by atoms with Gasteiger partial charge < -0.3 is 14.1 Å². The molecular formula is C24H27N3O5S. The van der Waals surface area contributed by atoms with E-state index in [4.69, 9.17) is 9.15 Å². The standard InChI is InChI=1S/C24H27N3O5S/c28-24(31-17-23-25-20-8-2-3-9-22(20)32-23)19-16-18(10-11-21(19)26-12-6-7-13-26)33(29,30)27-14-4-1-5-15-27/h2-3,8-11,16H,1,4-7,12-15,17H2. The minimum Gasteiger partial charge on any atom is -0.452 e. The number of rotatable bonds is 6. The maximum absolute atomic E-state index is 13.2. The van der Waals surface area contributed by atoms with Gasteiger partial charge in [-0.15, -0.1) is 0 Å². The number of ether oxygens (including phenoxy) is 1. The molecule has 2 aromatic carbocycles. The summed E-state index contributed by atoms with van der Waals surface area (Å²) in [5, 5.41) is 0. The van der Waals surface area contributed by atoms with Gasteiger partial charge in [-0.3, -0.25) is 0 Å². The number of nitrogens with zero attached hydrogens (tertiary/aromatic N) is 3. The maximum atomic E-state index is 13.2. The Bertz CT molecular complexity index is 1230. The quantitative estimate of drug-likeness (QED) is 0.505. The number of fused-ring (bicyclic) bond motifs is 1. The number of carbonyl (C=O) groups is 1. The van der Waals surface area contributed by atoms with Gasteiger partial charge in [0.25, 0.3) is 0 Å². The molecular weight excluding hydrogens is 442 g/mol. The largest absolute Gasteiger partial charge is 0.452 e. The van der Waals surface area contributed by atoms with E-state index in [1.54, 1.807) is 18.2 Å². The zero-order chi connectivity index (χ0) is 22.8. The highest BCUT2D eigenvalue weighted by atomic mass is 32.2. The molecule has 9 heteroatoms. The summed E-state index contributed by atoms with van der Waals surface area (Å²) in [7, 11) is -3.67. The first kappa shape index (κ1) is 21.9. The number of benzene rings is 2. The number of aromatic nitrogens is 1. The lowest BCUT2D eigenvalue weighted by Gasteiger charge is -2.27. The second-order valence-electron chi connectivity index (χ2n) is 8.49.